The van der Waals surface area contributed by atoms with Gasteiger partial charge in [0.25, 0.3) is 0 Å². The largest absolute Gasteiger partial charge is 0.493 e. The van der Waals surface area contributed by atoms with Crippen LogP contribution in [0.25, 0.3) is 0 Å². The molecule has 3 aliphatic carbocycles. The van der Waals surface area contributed by atoms with E-state index in [0.717, 1.165) is 48.9 Å². The topological polar surface area (TPSA) is 62.2 Å². The molecule has 5 atom stereocenters. The quantitative estimate of drug-likeness (QED) is 0.861. The van der Waals surface area contributed by atoms with Crippen LogP contribution in [0.5, 0.6) is 11.5 Å². The molecule has 1 spiro atoms. The molecule has 2 N–H and O–H groups in total. The van der Waals surface area contributed by atoms with Gasteiger partial charge in [-0.2, -0.15) is 0 Å². The van der Waals surface area contributed by atoms with E-state index in [-0.39, 0.29) is 12.1 Å². The maximum Gasteiger partial charge on any atom is 0.166 e. The molecule has 6 rings (SSSR count). The lowest BCUT2D eigenvalue weighted by Gasteiger charge is -2.63. The van der Waals surface area contributed by atoms with E-state index in [2.05, 4.69) is 11.0 Å². The van der Waals surface area contributed by atoms with Gasteiger partial charge in [0, 0.05) is 18.2 Å². The summed E-state index contributed by atoms with van der Waals surface area (Å²) in [6, 6.07) is 4.27. The summed E-state index contributed by atoms with van der Waals surface area (Å²) in [6.45, 7) is 2.08. The summed E-state index contributed by atoms with van der Waals surface area (Å²) in [7, 11) is 1.66. The number of aliphatic hydroxyl groups excluding tert-OH is 1. The third kappa shape index (κ3) is 1.68. The first-order valence-electron chi connectivity index (χ1n) is 10.1. The molecule has 2 aliphatic heterocycles. The van der Waals surface area contributed by atoms with Gasteiger partial charge in [-0.3, -0.25) is 4.90 Å². The summed E-state index contributed by atoms with van der Waals surface area (Å²) in [4.78, 5) is 2.54. The lowest BCUT2D eigenvalue weighted by atomic mass is 9.48. The highest BCUT2D eigenvalue weighted by molar-refractivity contribution is 5.62. The van der Waals surface area contributed by atoms with Crippen molar-refractivity contribution < 1.29 is 19.7 Å². The van der Waals surface area contributed by atoms with Crippen LogP contribution in [-0.2, 0) is 11.8 Å². The molecule has 2 bridgehead atoms. The van der Waals surface area contributed by atoms with Crippen LogP contribution < -0.4 is 9.47 Å². The molecule has 2 heterocycles. The molecule has 140 valence electrons. The first kappa shape index (κ1) is 15.7. The van der Waals surface area contributed by atoms with E-state index in [1.165, 1.54) is 18.4 Å². The summed E-state index contributed by atoms with van der Waals surface area (Å²) < 4.78 is 11.9. The molecule has 1 aromatic rings. The molecule has 5 aliphatic rings. The van der Waals surface area contributed by atoms with Gasteiger partial charge in [0.05, 0.1) is 24.2 Å². The van der Waals surface area contributed by atoms with Gasteiger partial charge in [-0.25, -0.2) is 0 Å². The van der Waals surface area contributed by atoms with Crippen LogP contribution in [-0.4, -0.2) is 59.2 Å². The lowest BCUT2D eigenvalue weighted by Crippen LogP contribution is -2.77. The highest BCUT2D eigenvalue weighted by Gasteiger charge is 2.72. The summed E-state index contributed by atoms with van der Waals surface area (Å²) in [5, 5.41) is 22.9. The van der Waals surface area contributed by atoms with Gasteiger partial charge >= 0.3 is 0 Å². The third-order valence-electron chi connectivity index (χ3n) is 7.94. The highest BCUT2D eigenvalue weighted by atomic mass is 16.5. The molecular weight excluding hydrogens is 330 g/mol. The normalized spacial score (nSPS) is 43.0. The number of rotatable bonds is 3. The fourth-order valence-electron chi connectivity index (χ4n) is 6.61. The number of piperidine rings is 1. The number of hydrogen-bond acceptors (Lipinski definition) is 5. The Bertz CT molecular complexity index is 778. The Balaban J connectivity index is 1.56. The van der Waals surface area contributed by atoms with E-state index in [1.807, 2.05) is 6.07 Å². The van der Waals surface area contributed by atoms with Crippen LogP contribution in [0.15, 0.2) is 12.1 Å². The summed E-state index contributed by atoms with van der Waals surface area (Å²) in [5.74, 6) is 2.30. The Morgan fingerprint density at radius 3 is 2.88 bits per heavy atom. The molecule has 5 nitrogen and oxygen atoms in total. The van der Waals surface area contributed by atoms with Gasteiger partial charge in [0.15, 0.2) is 11.5 Å². The van der Waals surface area contributed by atoms with Crippen molar-refractivity contribution in [3.8, 4) is 11.5 Å². The van der Waals surface area contributed by atoms with Crippen molar-refractivity contribution in [1.82, 2.24) is 4.90 Å². The Morgan fingerprint density at radius 2 is 2.12 bits per heavy atom. The Labute approximate surface area is 153 Å². The van der Waals surface area contributed by atoms with Crippen LogP contribution in [0.4, 0.5) is 0 Å². The van der Waals surface area contributed by atoms with E-state index in [9.17, 15) is 10.2 Å². The second-order valence-electron chi connectivity index (χ2n) is 9.08. The van der Waals surface area contributed by atoms with Crippen molar-refractivity contribution in [2.45, 2.75) is 67.8 Å². The van der Waals surface area contributed by atoms with Crippen LogP contribution >= 0.6 is 0 Å². The molecule has 2 saturated carbocycles. The SMILES string of the molecule is COc1ccc2c3c1O[C@H]1C(O)CCC4(O)[C@@H](C2)N(CC2CC2)CC[C@]314. The van der Waals surface area contributed by atoms with E-state index in [0.29, 0.717) is 12.8 Å². The van der Waals surface area contributed by atoms with E-state index >= 15 is 0 Å². The van der Waals surface area contributed by atoms with Gasteiger partial charge in [0.1, 0.15) is 6.10 Å². The van der Waals surface area contributed by atoms with Crippen molar-refractivity contribution >= 4 is 0 Å². The van der Waals surface area contributed by atoms with Crippen molar-refractivity contribution in [3.63, 3.8) is 0 Å². The summed E-state index contributed by atoms with van der Waals surface area (Å²) in [6.07, 6.45) is 4.72. The minimum atomic E-state index is -0.825. The Morgan fingerprint density at radius 1 is 1.27 bits per heavy atom. The summed E-state index contributed by atoms with van der Waals surface area (Å²) >= 11 is 0. The van der Waals surface area contributed by atoms with Crippen LogP contribution in [0.2, 0.25) is 0 Å². The van der Waals surface area contributed by atoms with Crippen molar-refractivity contribution in [1.29, 1.82) is 0 Å². The number of aliphatic hydroxyl groups is 2. The van der Waals surface area contributed by atoms with Gasteiger partial charge < -0.3 is 19.7 Å². The minimum Gasteiger partial charge on any atom is -0.493 e. The first-order valence-corrected chi connectivity index (χ1v) is 10.1. The maximum absolute atomic E-state index is 12.1. The number of likely N-dealkylation sites (tertiary alicyclic amines) is 1. The number of methoxy groups -OCH3 is 1. The van der Waals surface area contributed by atoms with Gasteiger partial charge in [-0.1, -0.05) is 6.07 Å². The molecule has 0 amide bonds. The molecule has 1 aromatic carbocycles. The molecular formula is C21H27NO4. The minimum absolute atomic E-state index is 0.127. The molecule has 1 saturated heterocycles. The van der Waals surface area contributed by atoms with Gasteiger partial charge in [-0.15, -0.1) is 0 Å². The zero-order valence-corrected chi connectivity index (χ0v) is 15.3. The second-order valence-corrected chi connectivity index (χ2v) is 9.08. The highest BCUT2D eigenvalue weighted by Crippen LogP contribution is 2.65. The van der Waals surface area contributed by atoms with Crippen molar-refractivity contribution in [2.75, 3.05) is 20.2 Å². The zero-order valence-electron chi connectivity index (χ0n) is 15.3. The second kappa shape index (κ2) is 4.94. The third-order valence-corrected chi connectivity index (χ3v) is 7.94. The average molecular weight is 357 g/mol. The lowest BCUT2D eigenvalue weighted by molar-refractivity contribution is -0.208. The van der Waals surface area contributed by atoms with Crippen LogP contribution in [0.1, 0.15) is 43.2 Å². The summed E-state index contributed by atoms with van der Waals surface area (Å²) in [5.41, 5.74) is 1.08. The van der Waals surface area contributed by atoms with Crippen LogP contribution in [0.3, 0.4) is 0 Å². The Kier molecular flexibility index (Phi) is 2.99. The van der Waals surface area contributed by atoms with E-state index in [1.54, 1.807) is 7.11 Å². The molecule has 0 radical (unpaired) electrons. The van der Waals surface area contributed by atoms with Gasteiger partial charge in [-0.05, 0) is 62.6 Å². The first-order chi connectivity index (χ1) is 12.6. The fraction of sp³-hybridized carbons (Fsp3) is 0.714. The smallest absolute Gasteiger partial charge is 0.166 e. The van der Waals surface area contributed by atoms with Crippen molar-refractivity contribution in [2.24, 2.45) is 5.92 Å². The van der Waals surface area contributed by atoms with Crippen LogP contribution in [0, 0.1) is 5.92 Å². The molecule has 5 heteroatoms. The predicted octanol–water partition coefficient (Wildman–Crippen LogP) is 1.62. The zero-order chi connectivity index (χ0) is 17.7. The molecule has 3 fully saturated rings. The molecule has 0 aromatic heterocycles. The van der Waals surface area contributed by atoms with Gasteiger partial charge in [0.2, 0.25) is 0 Å². The molecule has 26 heavy (non-hydrogen) atoms. The maximum atomic E-state index is 12.1. The average Bonchev–Trinajstić information content (AvgIpc) is 3.37. The fourth-order valence-corrected chi connectivity index (χ4v) is 6.61. The Hall–Kier alpha value is -1.30. The molecule has 2 unspecified atom stereocenters. The van der Waals surface area contributed by atoms with Crippen molar-refractivity contribution in [3.05, 3.63) is 23.3 Å². The number of hydrogen-bond donors (Lipinski definition) is 2. The standard InChI is InChI=1S/C21H27NO4/c1-25-15-5-4-13-10-16-21(24)7-6-14(23)19-20(21,17(13)18(15)26-19)8-9-22(16)11-12-2-3-12/h4-5,12,14,16,19,23-24H,2-3,6-11H2,1H3/t14?,16-,19+,20+,21?/m1/s1. The van der Waals surface area contributed by atoms with E-state index in [4.69, 9.17) is 9.47 Å². The monoisotopic (exact) mass is 357 g/mol. The number of benzene rings is 1. The predicted molar refractivity (Wildman–Crippen MR) is 95.7 cm³/mol. The number of nitrogens with zero attached hydrogens (tertiary/aromatic N) is 1. The van der Waals surface area contributed by atoms with E-state index < -0.39 is 17.1 Å². The number of ether oxygens (including phenoxy) is 2.